The monoisotopic (exact) mass is 401 g/mol. The Kier molecular flexibility index (Phi) is 3.75. The number of hydrogen-bond acceptors (Lipinski definition) is 1. The van der Waals surface area contributed by atoms with Crippen LogP contribution in [0.3, 0.4) is 0 Å². The van der Waals surface area contributed by atoms with Gasteiger partial charge in [-0.2, -0.15) is 0 Å². The first-order valence-corrected chi connectivity index (χ1v) is 9.47. The second-order valence-corrected chi connectivity index (χ2v) is 9.26. The van der Waals surface area contributed by atoms with Crippen molar-refractivity contribution in [2.45, 2.75) is 30.0 Å². The molecule has 0 spiro atoms. The van der Waals surface area contributed by atoms with Crippen LogP contribution in [0.1, 0.15) is 25.7 Å². The SMILES string of the molecule is O=C(Nc1cccc(Br)c1)C1[C@@H]2CC[C@@H]3[C@H](CC[C@@H]12)C3(Cl)Cl. The molecule has 1 aromatic carbocycles. The molecule has 0 radical (unpaired) electrons. The molecule has 118 valence electrons. The molecule has 0 bridgehead atoms. The van der Waals surface area contributed by atoms with Crippen molar-refractivity contribution in [2.75, 3.05) is 5.32 Å². The molecule has 5 atom stereocenters. The molecule has 1 unspecified atom stereocenters. The Bertz CT molecular complexity index is 598. The van der Waals surface area contributed by atoms with Crippen LogP contribution >= 0.6 is 39.1 Å². The van der Waals surface area contributed by atoms with E-state index in [2.05, 4.69) is 21.2 Å². The van der Waals surface area contributed by atoms with Crippen LogP contribution in [0.25, 0.3) is 0 Å². The Morgan fingerprint density at radius 2 is 1.77 bits per heavy atom. The number of anilines is 1. The van der Waals surface area contributed by atoms with Gasteiger partial charge in [0.15, 0.2) is 0 Å². The number of carbonyl (C=O) groups excluding carboxylic acids is 1. The summed E-state index contributed by atoms with van der Waals surface area (Å²) in [6, 6.07) is 7.76. The minimum atomic E-state index is -0.481. The minimum Gasteiger partial charge on any atom is -0.326 e. The second kappa shape index (κ2) is 5.39. The smallest absolute Gasteiger partial charge is 0.228 e. The van der Waals surface area contributed by atoms with Crippen LogP contribution in [-0.2, 0) is 4.79 Å². The third kappa shape index (κ3) is 2.59. The third-order valence-corrected chi connectivity index (χ3v) is 7.33. The van der Waals surface area contributed by atoms with Gasteiger partial charge in [-0.05, 0) is 67.6 Å². The normalized spacial score (nSPS) is 38.0. The molecule has 0 saturated heterocycles. The average molecular weight is 403 g/mol. The first-order chi connectivity index (χ1) is 10.5. The fourth-order valence-electron chi connectivity index (χ4n) is 4.40. The largest absolute Gasteiger partial charge is 0.326 e. The Morgan fingerprint density at radius 3 is 2.36 bits per heavy atom. The number of carbonyl (C=O) groups is 1. The van der Waals surface area contributed by atoms with Crippen molar-refractivity contribution < 1.29 is 4.79 Å². The molecule has 3 fully saturated rings. The van der Waals surface area contributed by atoms with Crippen LogP contribution in [0.2, 0.25) is 0 Å². The summed E-state index contributed by atoms with van der Waals surface area (Å²) >= 11 is 16.1. The number of hydrogen-bond donors (Lipinski definition) is 1. The zero-order valence-corrected chi connectivity index (χ0v) is 15.2. The summed E-state index contributed by atoms with van der Waals surface area (Å²) in [5.74, 6) is 2.30. The number of rotatable bonds is 2. The molecular formula is C17H18BrCl2NO. The Morgan fingerprint density at radius 1 is 1.14 bits per heavy atom. The van der Waals surface area contributed by atoms with E-state index in [1.165, 1.54) is 0 Å². The van der Waals surface area contributed by atoms with E-state index in [1.54, 1.807) is 0 Å². The van der Waals surface area contributed by atoms with Crippen LogP contribution in [0.5, 0.6) is 0 Å². The van der Waals surface area contributed by atoms with Crippen molar-refractivity contribution in [1.82, 2.24) is 0 Å². The lowest BCUT2D eigenvalue weighted by molar-refractivity contribution is -0.117. The first-order valence-electron chi connectivity index (χ1n) is 7.92. The van der Waals surface area contributed by atoms with Gasteiger partial charge in [-0.15, -0.1) is 23.2 Å². The molecule has 3 aliphatic rings. The van der Waals surface area contributed by atoms with Crippen LogP contribution in [-0.4, -0.2) is 10.2 Å². The molecule has 3 aliphatic carbocycles. The van der Waals surface area contributed by atoms with Crippen molar-refractivity contribution in [3.63, 3.8) is 0 Å². The van der Waals surface area contributed by atoms with Crippen molar-refractivity contribution in [1.29, 1.82) is 0 Å². The molecule has 0 aromatic heterocycles. The van der Waals surface area contributed by atoms with Gasteiger partial charge in [-0.3, -0.25) is 4.79 Å². The summed E-state index contributed by atoms with van der Waals surface area (Å²) in [5, 5.41) is 3.06. The molecule has 4 rings (SSSR count). The molecule has 0 aliphatic heterocycles. The van der Waals surface area contributed by atoms with Crippen LogP contribution in [0.4, 0.5) is 5.69 Å². The van der Waals surface area contributed by atoms with Gasteiger partial charge in [0.05, 0.1) is 0 Å². The third-order valence-electron chi connectivity index (χ3n) is 5.71. The lowest BCUT2D eigenvalue weighted by Crippen LogP contribution is -2.15. The fraction of sp³-hybridized carbons (Fsp3) is 0.588. The number of nitrogens with one attached hydrogen (secondary N) is 1. The summed E-state index contributed by atoms with van der Waals surface area (Å²) in [4.78, 5) is 12.5. The van der Waals surface area contributed by atoms with Gasteiger partial charge in [0.2, 0.25) is 5.91 Å². The van der Waals surface area contributed by atoms with Gasteiger partial charge in [0, 0.05) is 16.1 Å². The topological polar surface area (TPSA) is 29.1 Å². The van der Waals surface area contributed by atoms with Crippen molar-refractivity contribution in [3.05, 3.63) is 28.7 Å². The predicted molar refractivity (Wildman–Crippen MR) is 93.1 cm³/mol. The molecule has 1 N–H and O–H groups in total. The van der Waals surface area contributed by atoms with Gasteiger partial charge >= 0.3 is 0 Å². The summed E-state index contributed by atoms with van der Waals surface area (Å²) in [5.41, 5.74) is 0.863. The zero-order valence-electron chi connectivity index (χ0n) is 12.1. The molecule has 1 amide bonds. The van der Waals surface area contributed by atoms with Crippen LogP contribution in [0, 0.1) is 29.6 Å². The quantitative estimate of drug-likeness (QED) is 0.673. The van der Waals surface area contributed by atoms with Gasteiger partial charge in [-0.1, -0.05) is 22.0 Å². The number of alkyl halides is 2. The van der Waals surface area contributed by atoms with E-state index in [-0.39, 0.29) is 11.8 Å². The molecule has 1 aromatic rings. The average Bonchev–Trinajstić information content (AvgIpc) is 3.23. The summed E-state index contributed by atoms with van der Waals surface area (Å²) in [6.07, 6.45) is 4.31. The Hall–Kier alpha value is -0.250. The predicted octanol–water partition coefficient (Wildman–Crippen LogP) is 5.24. The fourth-order valence-corrected chi connectivity index (χ4v) is 5.72. The zero-order chi connectivity index (χ0) is 15.5. The maximum atomic E-state index is 12.5. The van der Waals surface area contributed by atoms with E-state index in [4.69, 9.17) is 23.2 Å². The highest BCUT2D eigenvalue weighted by atomic mass is 79.9. The summed E-state index contributed by atoms with van der Waals surface area (Å²) in [7, 11) is 0. The van der Waals surface area contributed by atoms with Gasteiger partial charge in [0.1, 0.15) is 4.33 Å². The van der Waals surface area contributed by atoms with E-state index in [0.29, 0.717) is 23.7 Å². The van der Waals surface area contributed by atoms with E-state index in [0.717, 1.165) is 35.8 Å². The molecular weight excluding hydrogens is 385 g/mol. The molecule has 2 nitrogen and oxygen atoms in total. The minimum absolute atomic E-state index is 0.173. The number of halogens is 3. The molecule has 0 heterocycles. The summed E-state index contributed by atoms with van der Waals surface area (Å²) < 4.78 is 0.498. The van der Waals surface area contributed by atoms with Crippen molar-refractivity contribution in [3.8, 4) is 0 Å². The van der Waals surface area contributed by atoms with Crippen molar-refractivity contribution in [2.24, 2.45) is 29.6 Å². The maximum absolute atomic E-state index is 12.5. The summed E-state index contributed by atoms with van der Waals surface area (Å²) in [6.45, 7) is 0. The van der Waals surface area contributed by atoms with Crippen LogP contribution < -0.4 is 5.32 Å². The van der Waals surface area contributed by atoms with E-state index in [1.807, 2.05) is 24.3 Å². The van der Waals surface area contributed by atoms with Crippen molar-refractivity contribution >= 4 is 50.7 Å². The lowest BCUT2D eigenvalue weighted by Gasteiger charge is -2.05. The highest BCUT2D eigenvalue weighted by Crippen LogP contribution is 2.67. The molecule has 22 heavy (non-hydrogen) atoms. The molecule has 5 heteroatoms. The van der Waals surface area contributed by atoms with Gasteiger partial charge < -0.3 is 5.32 Å². The highest BCUT2D eigenvalue weighted by Gasteiger charge is 2.65. The Balaban J connectivity index is 1.38. The molecule has 3 saturated carbocycles. The van der Waals surface area contributed by atoms with E-state index in [9.17, 15) is 4.79 Å². The standard InChI is InChI=1S/C17H18BrCl2NO/c18-9-2-1-3-10(8-9)21-16(22)15-11-4-6-13-14(17(13,19)20)7-5-12(11)15/h1-3,8,11-15H,4-7H2,(H,21,22)/t11-,12-,13-,14+,15?/m1/s1. The van der Waals surface area contributed by atoms with E-state index < -0.39 is 4.33 Å². The van der Waals surface area contributed by atoms with Crippen LogP contribution in [0.15, 0.2) is 28.7 Å². The number of fused-ring (bicyclic) bond motifs is 2. The Labute approximate surface area is 149 Å². The maximum Gasteiger partial charge on any atom is 0.228 e. The second-order valence-electron chi connectivity index (χ2n) is 6.90. The van der Waals surface area contributed by atoms with Gasteiger partial charge in [0.25, 0.3) is 0 Å². The van der Waals surface area contributed by atoms with E-state index >= 15 is 0 Å². The lowest BCUT2D eigenvalue weighted by atomic mass is 10.0. The first kappa shape index (κ1) is 15.3. The highest BCUT2D eigenvalue weighted by molar-refractivity contribution is 9.10. The number of amides is 1. The number of benzene rings is 1. The van der Waals surface area contributed by atoms with Gasteiger partial charge in [-0.25, -0.2) is 0 Å².